The number of aliphatic hydroxyl groups is 1. The number of hydrogen-bond donors (Lipinski definition) is 2. The van der Waals surface area contributed by atoms with Crippen LogP contribution in [0.15, 0.2) is 23.1 Å². The van der Waals surface area contributed by atoms with Crippen molar-refractivity contribution in [2.45, 2.75) is 18.2 Å². The van der Waals surface area contributed by atoms with E-state index in [0.29, 0.717) is 13.0 Å². The van der Waals surface area contributed by atoms with Crippen LogP contribution < -0.4 is 0 Å². The highest BCUT2D eigenvalue weighted by Gasteiger charge is 2.33. The van der Waals surface area contributed by atoms with Crippen LogP contribution in [-0.4, -0.2) is 48.6 Å². The van der Waals surface area contributed by atoms with Crippen molar-refractivity contribution in [1.82, 2.24) is 4.31 Å². The molecule has 0 amide bonds. The van der Waals surface area contributed by atoms with Crippen molar-refractivity contribution in [1.29, 1.82) is 0 Å². The summed E-state index contributed by atoms with van der Waals surface area (Å²) in [5.74, 6) is -1.19. The van der Waals surface area contributed by atoms with E-state index in [1.807, 2.05) is 0 Å². The van der Waals surface area contributed by atoms with E-state index in [9.17, 15) is 13.2 Å². The van der Waals surface area contributed by atoms with Crippen molar-refractivity contribution in [3.8, 4) is 0 Å². The third kappa shape index (κ3) is 2.56. The van der Waals surface area contributed by atoms with Gasteiger partial charge in [0, 0.05) is 19.7 Å². The Morgan fingerprint density at radius 3 is 2.70 bits per heavy atom. The van der Waals surface area contributed by atoms with E-state index in [0.717, 1.165) is 0 Å². The van der Waals surface area contributed by atoms with E-state index in [4.69, 9.17) is 10.2 Å². The molecule has 0 aliphatic carbocycles. The predicted octanol–water partition coefficient (Wildman–Crippen LogP) is 0.696. The topological polar surface area (TPSA) is 94.9 Å². The Hall–Kier alpha value is -1.44. The van der Waals surface area contributed by atoms with E-state index in [2.05, 4.69) is 0 Å². The van der Waals surface area contributed by atoms with Gasteiger partial charge in [0.2, 0.25) is 10.0 Å². The summed E-state index contributed by atoms with van der Waals surface area (Å²) in [7, 11) is -3.71. The summed E-state index contributed by atoms with van der Waals surface area (Å²) in [6, 6.07) is 4.24. The summed E-state index contributed by atoms with van der Waals surface area (Å²) in [4.78, 5) is 11.1. The van der Waals surface area contributed by atoms with Crippen molar-refractivity contribution in [3.63, 3.8) is 0 Å². The van der Waals surface area contributed by atoms with Crippen LogP contribution in [0.25, 0.3) is 0 Å². The number of hydrogen-bond acceptors (Lipinski definition) is 4. The molecule has 0 radical (unpaired) electrons. The fourth-order valence-corrected chi connectivity index (χ4v) is 4.21. The zero-order valence-corrected chi connectivity index (χ0v) is 11.9. The van der Waals surface area contributed by atoms with Crippen molar-refractivity contribution in [3.05, 3.63) is 29.3 Å². The van der Waals surface area contributed by atoms with Crippen molar-refractivity contribution in [2.24, 2.45) is 5.92 Å². The summed E-state index contributed by atoms with van der Waals surface area (Å²) in [6.07, 6.45) is 0.618. The molecule has 6 nitrogen and oxygen atoms in total. The number of aliphatic hydroxyl groups excluding tert-OH is 1. The molecule has 1 fully saturated rings. The highest BCUT2D eigenvalue weighted by atomic mass is 32.2. The average molecular weight is 299 g/mol. The minimum absolute atomic E-state index is 0.0102. The highest BCUT2D eigenvalue weighted by Crippen LogP contribution is 2.27. The lowest BCUT2D eigenvalue weighted by Gasteiger charge is -2.18. The zero-order chi connectivity index (χ0) is 14.9. The van der Waals surface area contributed by atoms with Crippen LogP contribution >= 0.6 is 0 Å². The highest BCUT2D eigenvalue weighted by molar-refractivity contribution is 7.89. The van der Waals surface area contributed by atoms with Crippen LogP contribution in [0.5, 0.6) is 0 Å². The van der Waals surface area contributed by atoms with Gasteiger partial charge in [0.15, 0.2) is 0 Å². The molecule has 1 aromatic rings. The molecule has 7 heteroatoms. The number of rotatable bonds is 4. The van der Waals surface area contributed by atoms with Crippen LogP contribution in [0, 0.1) is 12.8 Å². The Balaban J connectivity index is 2.41. The first-order valence-electron chi connectivity index (χ1n) is 6.32. The molecule has 20 heavy (non-hydrogen) atoms. The first-order valence-corrected chi connectivity index (χ1v) is 7.76. The monoisotopic (exact) mass is 299 g/mol. The van der Waals surface area contributed by atoms with Crippen LogP contribution in [-0.2, 0) is 10.0 Å². The molecule has 0 saturated carbocycles. The molecular weight excluding hydrogens is 282 g/mol. The fraction of sp³-hybridized carbons (Fsp3) is 0.462. The van der Waals surface area contributed by atoms with Gasteiger partial charge in [-0.3, -0.25) is 0 Å². The zero-order valence-electron chi connectivity index (χ0n) is 11.1. The van der Waals surface area contributed by atoms with Gasteiger partial charge in [-0.25, -0.2) is 13.2 Å². The Morgan fingerprint density at radius 2 is 2.15 bits per heavy atom. The van der Waals surface area contributed by atoms with Gasteiger partial charge >= 0.3 is 5.97 Å². The maximum atomic E-state index is 12.5. The van der Waals surface area contributed by atoms with Gasteiger partial charge in [-0.15, -0.1) is 0 Å². The van der Waals surface area contributed by atoms with Gasteiger partial charge in [0.25, 0.3) is 0 Å². The summed E-state index contributed by atoms with van der Waals surface area (Å²) in [5.41, 5.74) is 0.233. The van der Waals surface area contributed by atoms with E-state index < -0.39 is 16.0 Å². The summed E-state index contributed by atoms with van der Waals surface area (Å²) in [5, 5.41) is 18.2. The summed E-state index contributed by atoms with van der Waals surface area (Å²) < 4.78 is 26.4. The van der Waals surface area contributed by atoms with E-state index >= 15 is 0 Å². The smallest absolute Gasteiger partial charge is 0.335 e. The fourth-order valence-electron chi connectivity index (χ4n) is 2.43. The molecule has 2 N–H and O–H groups in total. The minimum Gasteiger partial charge on any atom is -0.478 e. The standard InChI is InChI=1S/C13H17NO5S/c1-9-11(13(16)17)3-2-4-12(9)20(18,19)14-6-5-10(7-14)8-15/h2-4,10,15H,5-8H2,1H3,(H,16,17). The van der Waals surface area contributed by atoms with E-state index in [1.165, 1.54) is 29.4 Å². The molecule has 1 aromatic carbocycles. The quantitative estimate of drug-likeness (QED) is 0.853. The lowest BCUT2D eigenvalue weighted by molar-refractivity contribution is 0.0696. The number of nitrogens with zero attached hydrogens (tertiary/aromatic N) is 1. The van der Waals surface area contributed by atoms with E-state index in [1.54, 1.807) is 0 Å². The van der Waals surface area contributed by atoms with Crippen molar-refractivity contribution >= 4 is 16.0 Å². The van der Waals surface area contributed by atoms with Crippen molar-refractivity contribution < 1.29 is 23.4 Å². The third-order valence-electron chi connectivity index (χ3n) is 3.64. The second-order valence-electron chi connectivity index (χ2n) is 4.93. The Kier molecular flexibility index (Phi) is 4.12. The Labute approximate surface area is 117 Å². The Bertz CT molecular complexity index is 626. The first-order chi connectivity index (χ1) is 9.37. The van der Waals surface area contributed by atoms with Crippen molar-refractivity contribution in [2.75, 3.05) is 19.7 Å². The maximum absolute atomic E-state index is 12.5. The number of aromatic carboxylic acids is 1. The molecule has 0 spiro atoms. The molecule has 1 heterocycles. The Morgan fingerprint density at radius 1 is 1.45 bits per heavy atom. The molecular formula is C13H17NO5S. The normalized spacial score (nSPS) is 20.2. The van der Waals surface area contributed by atoms with Gasteiger partial charge in [0.05, 0.1) is 10.5 Å². The van der Waals surface area contributed by atoms with Gasteiger partial charge in [-0.2, -0.15) is 4.31 Å². The second-order valence-corrected chi connectivity index (χ2v) is 6.84. The number of carboxylic acid groups (broad SMARTS) is 1. The van der Waals surface area contributed by atoms with Crippen LogP contribution in [0.2, 0.25) is 0 Å². The number of carboxylic acids is 1. The van der Waals surface area contributed by atoms with E-state index in [-0.39, 0.29) is 35.1 Å². The molecule has 110 valence electrons. The first kappa shape index (κ1) is 15.0. The minimum atomic E-state index is -3.71. The largest absolute Gasteiger partial charge is 0.478 e. The van der Waals surface area contributed by atoms with Crippen LogP contribution in [0.4, 0.5) is 0 Å². The third-order valence-corrected chi connectivity index (χ3v) is 5.65. The average Bonchev–Trinajstić information content (AvgIpc) is 2.87. The second kappa shape index (κ2) is 5.51. The summed E-state index contributed by atoms with van der Waals surface area (Å²) >= 11 is 0. The van der Waals surface area contributed by atoms with Gasteiger partial charge in [0.1, 0.15) is 0 Å². The maximum Gasteiger partial charge on any atom is 0.335 e. The molecule has 1 atom stereocenters. The summed E-state index contributed by atoms with van der Waals surface area (Å²) in [6.45, 7) is 2.08. The van der Waals surface area contributed by atoms with Crippen LogP contribution in [0.3, 0.4) is 0 Å². The molecule has 0 bridgehead atoms. The van der Waals surface area contributed by atoms with Gasteiger partial charge < -0.3 is 10.2 Å². The SMILES string of the molecule is Cc1c(C(=O)O)cccc1S(=O)(=O)N1CCC(CO)C1. The molecule has 1 unspecified atom stereocenters. The molecule has 1 aliphatic rings. The number of sulfonamides is 1. The molecule has 0 aromatic heterocycles. The van der Waals surface area contributed by atoms with Crippen LogP contribution in [0.1, 0.15) is 22.3 Å². The molecule has 1 aliphatic heterocycles. The number of carbonyl (C=O) groups is 1. The lowest BCUT2D eigenvalue weighted by Crippen LogP contribution is -2.30. The molecule has 1 saturated heterocycles. The van der Waals surface area contributed by atoms with Gasteiger partial charge in [-0.1, -0.05) is 6.07 Å². The number of benzene rings is 1. The lowest BCUT2D eigenvalue weighted by atomic mass is 10.1. The molecule has 2 rings (SSSR count). The van der Waals surface area contributed by atoms with Gasteiger partial charge in [-0.05, 0) is 37.0 Å². The predicted molar refractivity (Wildman–Crippen MR) is 72.1 cm³/mol.